The molecule has 1 atom stereocenters. The maximum absolute atomic E-state index is 12.1. The number of rotatable bonds is 5. The van der Waals surface area contributed by atoms with Gasteiger partial charge in [-0.3, -0.25) is 4.79 Å². The summed E-state index contributed by atoms with van der Waals surface area (Å²) in [5.41, 5.74) is 0. The third kappa shape index (κ3) is 4.24. The van der Waals surface area contributed by atoms with Crippen molar-refractivity contribution >= 4 is 5.91 Å². The highest BCUT2D eigenvalue weighted by atomic mass is 16.5. The van der Waals surface area contributed by atoms with E-state index < -0.39 is 0 Å². The van der Waals surface area contributed by atoms with Gasteiger partial charge in [0.15, 0.2) is 0 Å². The smallest absolute Gasteiger partial charge is 0.239 e. The average molecular weight is 262 g/mol. The van der Waals surface area contributed by atoms with Crippen LogP contribution in [0.4, 0.5) is 0 Å². The number of likely N-dealkylation sites (N-methyl/N-ethyl adjacent to an activating group) is 1. The fraction of sp³-hybridized carbons (Fsp3) is 0.533. The van der Waals surface area contributed by atoms with Crippen LogP contribution in [0.1, 0.15) is 19.3 Å². The van der Waals surface area contributed by atoms with Crippen molar-refractivity contribution in [1.82, 2.24) is 10.2 Å². The lowest BCUT2D eigenvalue weighted by atomic mass is 10.0. The Morgan fingerprint density at radius 3 is 2.84 bits per heavy atom. The van der Waals surface area contributed by atoms with E-state index in [0.29, 0.717) is 13.2 Å². The third-order valence-electron chi connectivity index (χ3n) is 3.42. The molecule has 0 saturated carbocycles. The quantitative estimate of drug-likeness (QED) is 0.877. The predicted molar refractivity (Wildman–Crippen MR) is 75.2 cm³/mol. The lowest BCUT2D eigenvalue weighted by Crippen LogP contribution is -2.48. The minimum Gasteiger partial charge on any atom is -0.492 e. The van der Waals surface area contributed by atoms with Crippen LogP contribution in [-0.2, 0) is 4.79 Å². The van der Waals surface area contributed by atoms with Crippen LogP contribution in [0.2, 0.25) is 0 Å². The van der Waals surface area contributed by atoms with E-state index in [2.05, 4.69) is 5.32 Å². The molecule has 2 rings (SSSR count). The summed E-state index contributed by atoms with van der Waals surface area (Å²) in [5, 5.41) is 3.28. The van der Waals surface area contributed by atoms with E-state index in [1.165, 1.54) is 6.42 Å². The molecular weight excluding hydrogens is 240 g/mol. The summed E-state index contributed by atoms with van der Waals surface area (Å²) in [4.78, 5) is 13.9. The summed E-state index contributed by atoms with van der Waals surface area (Å²) in [6, 6.07) is 9.67. The molecule has 1 aliphatic rings. The van der Waals surface area contributed by atoms with Gasteiger partial charge in [-0.25, -0.2) is 0 Å². The van der Waals surface area contributed by atoms with E-state index in [0.717, 1.165) is 25.1 Å². The first-order valence-corrected chi connectivity index (χ1v) is 6.93. The second-order valence-corrected chi connectivity index (χ2v) is 4.92. The lowest BCUT2D eigenvalue weighted by molar-refractivity contribution is -0.133. The van der Waals surface area contributed by atoms with Crippen molar-refractivity contribution < 1.29 is 9.53 Å². The van der Waals surface area contributed by atoms with E-state index in [1.807, 2.05) is 37.4 Å². The molecule has 0 aromatic heterocycles. The van der Waals surface area contributed by atoms with Crippen molar-refractivity contribution in [2.75, 3.05) is 26.7 Å². The zero-order valence-electron chi connectivity index (χ0n) is 11.5. The van der Waals surface area contributed by atoms with Crippen molar-refractivity contribution in [3.05, 3.63) is 30.3 Å². The van der Waals surface area contributed by atoms with Crippen LogP contribution in [-0.4, -0.2) is 43.6 Å². The fourth-order valence-corrected chi connectivity index (χ4v) is 2.26. The minimum absolute atomic E-state index is 0.00419. The third-order valence-corrected chi connectivity index (χ3v) is 3.42. The monoisotopic (exact) mass is 262 g/mol. The van der Waals surface area contributed by atoms with Crippen molar-refractivity contribution in [3.63, 3.8) is 0 Å². The predicted octanol–water partition coefficient (Wildman–Crippen LogP) is 1.67. The first-order valence-electron chi connectivity index (χ1n) is 6.93. The Labute approximate surface area is 114 Å². The second kappa shape index (κ2) is 7.14. The zero-order valence-corrected chi connectivity index (χ0v) is 11.5. The van der Waals surface area contributed by atoms with Gasteiger partial charge in [0, 0.05) is 7.05 Å². The van der Waals surface area contributed by atoms with Gasteiger partial charge in [-0.05, 0) is 31.5 Å². The van der Waals surface area contributed by atoms with Crippen LogP contribution in [0, 0.1) is 0 Å². The highest BCUT2D eigenvalue weighted by Gasteiger charge is 2.23. The average Bonchev–Trinajstić information content (AvgIpc) is 2.48. The molecule has 1 amide bonds. The highest BCUT2D eigenvalue weighted by Crippen LogP contribution is 2.10. The summed E-state index contributed by atoms with van der Waals surface area (Å²) in [6.07, 6.45) is 3.26. The van der Waals surface area contributed by atoms with Gasteiger partial charge in [0.05, 0.1) is 12.6 Å². The maximum atomic E-state index is 12.1. The zero-order chi connectivity index (χ0) is 13.5. The number of hydrogen-bond acceptors (Lipinski definition) is 3. The highest BCUT2D eigenvalue weighted by molar-refractivity contribution is 5.81. The van der Waals surface area contributed by atoms with Gasteiger partial charge < -0.3 is 15.0 Å². The van der Waals surface area contributed by atoms with Gasteiger partial charge >= 0.3 is 0 Å². The summed E-state index contributed by atoms with van der Waals surface area (Å²) in [5.74, 6) is 1.02. The maximum Gasteiger partial charge on any atom is 0.239 e. The number of amides is 1. The van der Waals surface area contributed by atoms with E-state index in [-0.39, 0.29) is 11.9 Å². The molecule has 1 aliphatic heterocycles. The van der Waals surface area contributed by atoms with Crippen LogP contribution >= 0.6 is 0 Å². The molecule has 1 aromatic carbocycles. The molecule has 0 bridgehead atoms. The molecule has 1 fully saturated rings. The molecule has 0 radical (unpaired) electrons. The lowest BCUT2D eigenvalue weighted by Gasteiger charge is -2.27. The number of benzene rings is 1. The molecule has 0 spiro atoms. The summed E-state index contributed by atoms with van der Waals surface area (Å²) < 4.78 is 5.60. The van der Waals surface area contributed by atoms with Gasteiger partial charge in [0.1, 0.15) is 12.4 Å². The molecule has 0 unspecified atom stereocenters. The molecule has 1 saturated heterocycles. The van der Waals surface area contributed by atoms with Crippen LogP contribution < -0.4 is 10.1 Å². The molecule has 104 valence electrons. The van der Waals surface area contributed by atoms with E-state index >= 15 is 0 Å². The molecule has 4 nitrogen and oxygen atoms in total. The molecule has 1 heterocycles. The number of carbonyl (C=O) groups excluding carboxylic acids is 1. The summed E-state index contributed by atoms with van der Waals surface area (Å²) in [7, 11) is 1.84. The van der Waals surface area contributed by atoms with Crippen LogP contribution in [0.3, 0.4) is 0 Å². The van der Waals surface area contributed by atoms with Gasteiger partial charge in [0.2, 0.25) is 5.91 Å². The Bertz CT molecular complexity index is 388. The number of carbonyl (C=O) groups is 1. The van der Waals surface area contributed by atoms with Gasteiger partial charge in [-0.15, -0.1) is 0 Å². The first-order chi connectivity index (χ1) is 9.27. The number of ether oxygens (including phenoxy) is 1. The van der Waals surface area contributed by atoms with E-state index in [1.54, 1.807) is 4.90 Å². The first kappa shape index (κ1) is 13.9. The number of nitrogens with one attached hydrogen (secondary N) is 1. The van der Waals surface area contributed by atoms with Crippen LogP contribution in [0.5, 0.6) is 5.75 Å². The van der Waals surface area contributed by atoms with Crippen molar-refractivity contribution in [2.45, 2.75) is 25.3 Å². The van der Waals surface area contributed by atoms with Crippen molar-refractivity contribution in [2.24, 2.45) is 0 Å². The topological polar surface area (TPSA) is 41.6 Å². The Morgan fingerprint density at radius 2 is 2.16 bits per heavy atom. The Morgan fingerprint density at radius 1 is 1.37 bits per heavy atom. The van der Waals surface area contributed by atoms with E-state index in [4.69, 9.17) is 4.74 Å². The van der Waals surface area contributed by atoms with E-state index in [9.17, 15) is 4.79 Å². The van der Waals surface area contributed by atoms with Crippen LogP contribution in [0.15, 0.2) is 30.3 Å². The second-order valence-electron chi connectivity index (χ2n) is 4.92. The van der Waals surface area contributed by atoms with Crippen molar-refractivity contribution in [3.8, 4) is 5.75 Å². The van der Waals surface area contributed by atoms with Gasteiger partial charge in [0.25, 0.3) is 0 Å². The molecular formula is C15H22N2O2. The fourth-order valence-electron chi connectivity index (χ4n) is 2.26. The number of para-hydroxylation sites is 1. The summed E-state index contributed by atoms with van der Waals surface area (Å²) in [6.45, 7) is 2.09. The standard InChI is InChI=1S/C15H22N2O2/c1-17(15(18)14-9-5-6-10-16-14)11-12-19-13-7-3-2-4-8-13/h2-4,7-8,14,16H,5-6,9-12H2,1H3/t14-/m1/s1. The van der Waals surface area contributed by atoms with Gasteiger partial charge in [-0.1, -0.05) is 24.6 Å². The Hall–Kier alpha value is -1.55. The molecule has 0 aliphatic carbocycles. The van der Waals surface area contributed by atoms with Gasteiger partial charge in [-0.2, -0.15) is 0 Å². The number of hydrogen-bond donors (Lipinski definition) is 1. The SMILES string of the molecule is CN(CCOc1ccccc1)C(=O)[C@H]1CCCCN1. The summed E-state index contributed by atoms with van der Waals surface area (Å²) >= 11 is 0. The van der Waals surface area contributed by atoms with Crippen molar-refractivity contribution in [1.29, 1.82) is 0 Å². The largest absolute Gasteiger partial charge is 0.492 e. The Kier molecular flexibility index (Phi) is 5.21. The Balaban J connectivity index is 1.71. The molecule has 1 aromatic rings. The number of nitrogens with zero attached hydrogens (tertiary/aromatic N) is 1. The molecule has 4 heteroatoms. The minimum atomic E-state index is -0.00419. The normalized spacial score (nSPS) is 18.9. The number of piperidine rings is 1. The molecule has 1 N–H and O–H groups in total. The molecule has 19 heavy (non-hydrogen) atoms. The van der Waals surface area contributed by atoms with Crippen LogP contribution in [0.25, 0.3) is 0 Å².